The molecule has 5 aliphatic rings. The Kier molecular flexibility index (Phi) is 13.4. The summed E-state index contributed by atoms with van der Waals surface area (Å²) < 4.78 is 50.2. The Morgan fingerprint density at radius 1 is 0.440 bits per heavy atom. The molecule has 0 saturated carbocycles. The van der Waals surface area contributed by atoms with Crippen LogP contribution < -0.4 is 0 Å². The summed E-state index contributed by atoms with van der Waals surface area (Å²) in [5, 5.41) is 135. The lowest BCUT2D eigenvalue weighted by atomic mass is 9.96. The van der Waals surface area contributed by atoms with E-state index >= 15 is 0 Å². The van der Waals surface area contributed by atoms with Gasteiger partial charge in [-0.15, -0.1) is 0 Å². The molecule has 5 saturated heterocycles. The molecular weight excluding hydrogens is 688 g/mol. The van der Waals surface area contributed by atoms with Crippen LogP contribution in [-0.2, 0) is 42.6 Å². The van der Waals surface area contributed by atoms with E-state index in [0.717, 1.165) is 0 Å². The molecule has 0 radical (unpaired) electrons. The first-order chi connectivity index (χ1) is 23.5. The molecule has 22 heteroatoms. The van der Waals surface area contributed by atoms with Gasteiger partial charge in [-0.25, -0.2) is 0 Å². The highest BCUT2D eigenvalue weighted by atomic mass is 16.8. The first-order valence-corrected chi connectivity index (χ1v) is 16.1. The van der Waals surface area contributed by atoms with Gasteiger partial charge in [0.25, 0.3) is 0 Å². The molecule has 5 heterocycles. The van der Waals surface area contributed by atoms with E-state index in [1.54, 1.807) is 0 Å². The molecule has 0 aliphatic carbocycles. The van der Waals surface area contributed by atoms with Crippen molar-refractivity contribution in [1.82, 2.24) is 0 Å². The Morgan fingerprint density at radius 2 is 0.960 bits per heavy atom. The van der Waals surface area contributed by atoms with Crippen LogP contribution >= 0.6 is 0 Å². The summed E-state index contributed by atoms with van der Waals surface area (Å²) >= 11 is 0. The first kappa shape index (κ1) is 40.3. The maximum atomic E-state index is 11.5. The third-order valence-electron chi connectivity index (χ3n) is 9.45. The third-order valence-corrected chi connectivity index (χ3v) is 9.45. The molecule has 22 nitrogen and oxygen atoms in total. The molecule has 5 aliphatic heterocycles. The topological polar surface area (TPSA) is 346 Å². The Bertz CT molecular complexity index is 1070. The van der Waals surface area contributed by atoms with Gasteiger partial charge in [-0.2, -0.15) is 0 Å². The molecule has 0 aromatic rings. The number of ether oxygens (including phenoxy) is 9. The first-order valence-electron chi connectivity index (χ1n) is 16.1. The van der Waals surface area contributed by atoms with Crippen LogP contribution in [-0.4, -0.2) is 228 Å². The summed E-state index contributed by atoms with van der Waals surface area (Å²) in [6.45, 7) is 0.999. The van der Waals surface area contributed by atoms with Crippen LogP contribution in [0.3, 0.4) is 0 Å². The van der Waals surface area contributed by atoms with Crippen molar-refractivity contribution < 1.29 is 109 Å². The van der Waals surface area contributed by atoms with Gasteiger partial charge in [-0.3, -0.25) is 0 Å². The van der Waals surface area contributed by atoms with Gasteiger partial charge in [-0.05, 0) is 13.8 Å². The molecule has 292 valence electrons. The molecule has 0 aromatic carbocycles. The zero-order valence-electron chi connectivity index (χ0n) is 26.9. The average molecular weight is 737 g/mol. The highest BCUT2D eigenvalue weighted by molar-refractivity contribution is 4.97. The molecule has 0 aromatic heterocycles. The van der Waals surface area contributed by atoms with Crippen molar-refractivity contribution in [1.29, 1.82) is 0 Å². The summed E-state index contributed by atoms with van der Waals surface area (Å²) in [6, 6.07) is 0. The van der Waals surface area contributed by atoms with Gasteiger partial charge in [-0.1, -0.05) is 0 Å². The highest BCUT2D eigenvalue weighted by Crippen LogP contribution is 2.35. The second-order valence-electron chi connectivity index (χ2n) is 13.0. The minimum Gasteiger partial charge on any atom is -0.394 e. The lowest BCUT2D eigenvalue weighted by molar-refractivity contribution is -0.397. The Hall–Kier alpha value is -0.880. The lowest BCUT2D eigenvalue weighted by Crippen LogP contribution is -2.67. The summed E-state index contributed by atoms with van der Waals surface area (Å²) in [6.07, 6.45) is -37.9. The highest BCUT2D eigenvalue weighted by Gasteiger charge is 2.55. The van der Waals surface area contributed by atoms with E-state index in [1.165, 1.54) is 13.8 Å². The fraction of sp³-hybridized carbons (Fsp3) is 1.00. The Balaban J connectivity index is 1.36. The van der Waals surface area contributed by atoms with Crippen molar-refractivity contribution in [3.05, 3.63) is 0 Å². The van der Waals surface area contributed by atoms with Crippen LogP contribution in [0.4, 0.5) is 0 Å². The van der Waals surface area contributed by atoms with E-state index in [9.17, 15) is 66.4 Å². The molecule has 5 fully saturated rings. The number of hydrogen-bond donors (Lipinski definition) is 13. The molecular formula is C28H48O22. The van der Waals surface area contributed by atoms with Crippen molar-refractivity contribution in [3.63, 3.8) is 0 Å². The van der Waals surface area contributed by atoms with E-state index in [1.807, 2.05) is 0 Å². The average Bonchev–Trinajstić information content (AvgIpc) is 3.08. The van der Waals surface area contributed by atoms with Crippen molar-refractivity contribution in [2.45, 2.75) is 155 Å². The monoisotopic (exact) mass is 736 g/mol. The molecule has 13 N–H and O–H groups in total. The van der Waals surface area contributed by atoms with Crippen molar-refractivity contribution in [2.75, 3.05) is 19.8 Å². The van der Waals surface area contributed by atoms with Crippen LogP contribution in [0.25, 0.3) is 0 Å². The quantitative estimate of drug-likeness (QED) is 0.104. The van der Waals surface area contributed by atoms with Gasteiger partial charge >= 0.3 is 0 Å². The number of hydrogen-bond acceptors (Lipinski definition) is 22. The van der Waals surface area contributed by atoms with Gasteiger partial charge in [0.15, 0.2) is 31.5 Å². The minimum atomic E-state index is -1.98. The van der Waals surface area contributed by atoms with Crippen molar-refractivity contribution in [3.8, 4) is 0 Å². The van der Waals surface area contributed by atoms with Crippen LogP contribution in [0, 0.1) is 0 Å². The zero-order valence-corrected chi connectivity index (χ0v) is 26.9. The third kappa shape index (κ3) is 8.12. The Morgan fingerprint density at radius 3 is 1.62 bits per heavy atom. The summed E-state index contributed by atoms with van der Waals surface area (Å²) in [5.74, 6) is 0. The van der Waals surface area contributed by atoms with Gasteiger partial charge < -0.3 is 109 Å². The zero-order chi connectivity index (χ0) is 36.8. The lowest BCUT2D eigenvalue weighted by Gasteiger charge is -2.49. The van der Waals surface area contributed by atoms with Crippen LogP contribution in [0.1, 0.15) is 13.8 Å². The van der Waals surface area contributed by atoms with Crippen LogP contribution in [0.5, 0.6) is 0 Å². The Labute approximate surface area is 284 Å². The fourth-order valence-corrected chi connectivity index (χ4v) is 6.37. The molecule has 5 rings (SSSR count). The van der Waals surface area contributed by atoms with Crippen molar-refractivity contribution in [2.24, 2.45) is 0 Å². The maximum absolute atomic E-state index is 11.5. The second kappa shape index (κ2) is 16.6. The van der Waals surface area contributed by atoms with Gasteiger partial charge in [0, 0.05) is 0 Å². The fourth-order valence-electron chi connectivity index (χ4n) is 6.37. The van der Waals surface area contributed by atoms with E-state index in [0.29, 0.717) is 0 Å². The summed E-state index contributed by atoms with van der Waals surface area (Å²) in [7, 11) is 0. The van der Waals surface area contributed by atoms with E-state index in [-0.39, 0.29) is 0 Å². The SMILES string of the molecule is C[C@@H]1O[C@@H](O[C@@H]2[C@@H](O)[C@@H](O)[C@@H](C)O[C@H]2O)[C@H](O)[C@H](O[C@@H]2O[C@H](CO)[C@@H](O)[C@H](O)[C@H]2O)[C@H]1O[C@@H]1OC[C@@H](O)[C@H](O[C@@H]2OC[C@@H](O)[C@H](O)[C@H]2O)[C@H]1O. The largest absolute Gasteiger partial charge is 0.394 e. The molecule has 23 atom stereocenters. The predicted molar refractivity (Wildman–Crippen MR) is 152 cm³/mol. The van der Waals surface area contributed by atoms with Crippen molar-refractivity contribution >= 4 is 0 Å². The van der Waals surface area contributed by atoms with E-state index in [4.69, 9.17) is 42.6 Å². The summed E-state index contributed by atoms with van der Waals surface area (Å²) in [4.78, 5) is 0. The van der Waals surface area contributed by atoms with Gasteiger partial charge in [0.1, 0.15) is 97.7 Å². The van der Waals surface area contributed by atoms with E-state index in [2.05, 4.69) is 0 Å². The molecule has 0 bridgehead atoms. The number of aliphatic hydroxyl groups excluding tert-OH is 13. The molecule has 0 unspecified atom stereocenters. The van der Waals surface area contributed by atoms with E-state index < -0.39 is 161 Å². The molecule has 50 heavy (non-hydrogen) atoms. The smallest absolute Gasteiger partial charge is 0.187 e. The van der Waals surface area contributed by atoms with Gasteiger partial charge in [0.2, 0.25) is 0 Å². The molecule has 0 spiro atoms. The second-order valence-corrected chi connectivity index (χ2v) is 13.0. The van der Waals surface area contributed by atoms with Gasteiger partial charge in [0.05, 0.1) is 32.0 Å². The minimum absolute atomic E-state index is 0.438. The molecule has 0 amide bonds. The van der Waals surface area contributed by atoms with Crippen LogP contribution in [0.15, 0.2) is 0 Å². The number of rotatable bonds is 9. The van der Waals surface area contributed by atoms with Crippen LogP contribution in [0.2, 0.25) is 0 Å². The summed E-state index contributed by atoms with van der Waals surface area (Å²) in [5.41, 5.74) is 0. The normalized spacial score (nSPS) is 55.1. The maximum Gasteiger partial charge on any atom is 0.187 e. The standard InChI is InChI=1S/C28H48O22/c1-6-11(32)15(36)23(24(41)44-6)50-28-19(40)22(49-27-17(38)14(35)13(34)10(3-29)46-27)20(7(2)45-28)47-26-18(39)21(9(31)5-43-26)48-25-16(37)12(33)8(30)4-42-25/h6-41H,3-5H2,1-2H3/t6-,7+,8-,9-,10-,11+,12+,13-,14+,15+,16-,17-,18-,19-,20+,21+,22+,23-,24-,25+,26+,27+,28+/m1/s1. The predicted octanol–water partition coefficient (Wildman–Crippen LogP) is -8.59. The number of aliphatic hydroxyl groups is 13.